The number of carbonyl (C=O) groups is 2. The maximum absolute atomic E-state index is 12.0. The van der Waals surface area contributed by atoms with Gasteiger partial charge in [0.1, 0.15) is 0 Å². The predicted molar refractivity (Wildman–Crippen MR) is 226 cm³/mol. The summed E-state index contributed by atoms with van der Waals surface area (Å²) in [6.45, 7) is 0.309. The molecule has 0 heterocycles. The first-order chi connectivity index (χ1) is 22.0. The molecular weight excluding hydrogens is 833 g/mol. The van der Waals surface area contributed by atoms with E-state index in [0.29, 0.717) is 50.9 Å². The SMILES string of the molecule is O=C(NCSCSC/N=C\S(=O)CSCSCSCSC(=O)NCSCSC/N=C\S(=O)CCSCCO)SCCSCCO. The molecule has 0 radical (unpaired) electrons. The smallest absolute Gasteiger partial charge is 0.280 e. The number of hydrogen-bond donors (Lipinski definition) is 4. The molecule has 0 aliphatic carbocycles. The maximum Gasteiger partial charge on any atom is 0.280 e. The lowest BCUT2D eigenvalue weighted by Crippen LogP contribution is -2.18. The molecule has 23 heteroatoms. The van der Waals surface area contributed by atoms with E-state index in [1.54, 1.807) is 106 Å². The fourth-order valence-electron chi connectivity index (χ4n) is 2.08. The Morgan fingerprint density at radius 3 is 1.76 bits per heavy atom. The number of aliphatic hydroxyl groups excluding tert-OH is 2. The average molecular weight is 875 g/mol. The lowest BCUT2D eigenvalue weighted by atomic mass is 10.9. The molecule has 0 aromatic carbocycles. The molecule has 0 spiro atoms. The summed E-state index contributed by atoms with van der Waals surface area (Å²) in [6.07, 6.45) is 0. The zero-order chi connectivity index (χ0) is 33.1. The van der Waals surface area contributed by atoms with Crippen LogP contribution in [0.4, 0.5) is 9.59 Å². The number of nitrogens with zero attached hydrogens (tertiary/aromatic N) is 2. The van der Waals surface area contributed by atoms with Gasteiger partial charge in [-0.3, -0.25) is 28.0 Å². The molecule has 2 atom stereocenters. The Morgan fingerprint density at radius 2 is 1.11 bits per heavy atom. The molecule has 0 saturated carbocycles. The first-order valence-electron chi connectivity index (χ1n) is 13.0. The molecule has 0 aromatic heterocycles. The summed E-state index contributed by atoms with van der Waals surface area (Å²) in [4.78, 5) is 32.0. The maximum atomic E-state index is 12.0. The van der Waals surface area contributed by atoms with E-state index in [9.17, 15) is 18.0 Å². The second-order valence-corrected chi connectivity index (χ2v) is 23.5. The molecule has 2 amide bonds. The Kier molecular flexibility index (Phi) is 41.2. The number of thioether (sulfide) groups is 11. The molecule has 0 aliphatic rings. The molecule has 0 bridgehead atoms. The third kappa shape index (κ3) is 39.0. The molecule has 0 rings (SSSR count). The van der Waals surface area contributed by atoms with Crippen molar-refractivity contribution in [1.82, 2.24) is 10.6 Å². The van der Waals surface area contributed by atoms with Gasteiger partial charge in [-0.1, -0.05) is 23.5 Å². The van der Waals surface area contributed by atoms with Gasteiger partial charge in [-0.25, -0.2) is 0 Å². The summed E-state index contributed by atoms with van der Waals surface area (Å²) in [7, 11) is -2.16. The van der Waals surface area contributed by atoms with Crippen molar-refractivity contribution in [3.05, 3.63) is 0 Å². The van der Waals surface area contributed by atoms with Gasteiger partial charge >= 0.3 is 0 Å². The van der Waals surface area contributed by atoms with Crippen LogP contribution >= 0.6 is 129 Å². The average Bonchev–Trinajstić information content (AvgIpc) is 3.03. The quantitative estimate of drug-likeness (QED) is 0.0287. The van der Waals surface area contributed by atoms with Gasteiger partial charge in [0, 0.05) is 59.9 Å². The molecule has 4 N–H and O–H groups in total. The zero-order valence-electron chi connectivity index (χ0n) is 24.6. The van der Waals surface area contributed by atoms with Crippen molar-refractivity contribution in [2.45, 2.75) is 0 Å². The van der Waals surface area contributed by atoms with Crippen molar-refractivity contribution in [1.29, 1.82) is 0 Å². The highest BCUT2D eigenvalue weighted by Gasteiger charge is 2.03. The van der Waals surface area contributed by atoms with Gasteiger partial charge in [-0.05, 0) is 0 Å². The lowest BCUT2D eigenvalue weighted by Gasteiger charge is -2.04. The number of amides is 2. The topological polar surface area (TPSA) is 158 Å². The lowest BCUT2D eigenvalue weighted by molar-refractivity contribution is 0.261. The molecule has 0 aliphatic heterocycles. The minimum Gasteiger partial charge on any atom is -0.396 e. The number of aliphatic hydroxyl groups is 2. The van der Waals surface area contributed by atoms with Crippen molar-refractivity contribution < 1.29 is 28.2 Å². The van der Waals surface area contributed by atoms with Crippen molar-refractivity contribution in [2.24, 2.45) is 9.98 Å². The van der Waals surface area contributed by atoms with Crippen molar-refractivity contribution in [2.75, 3.05) is 102 Å². The number of nitrogens with one attached hydrogen (secondary N) is 2. The molecule has 0 saturated heterocycles. The van der Waals surface area contributed by atoms with Gasteiger partial charge in [0.15, 0.2) is 0 Å². The fraction of sp³-hybridized carbons (Fsp3) is 0.818. The van der Waals surface area contributed by atoms with Crippen LogP contribution in [-0.2, 0) is 21.6 Å². The first-order valence-corrected chi connectivity index (χ1v) is 28.1. The van der Waals surface area contributed by atoms with Gasteiger partial charge in [-0.15, -0.1) is 82.3 Å². The fourth-order valence-corrected chi connectivity index (χ4v) is 14.5. The molecule has 0 fully saturated rings. The van der Waals surface area contributed by atoms with E-state index < -0.39 is 21.6 Å². The first kappa shape index (κ1) is 47.4. The number of aliphatic imine (C=N–C) groups is 2. The molecule has 45 heavy (non-hydrogen) atoms. The van der Waals surface area contributed by atoms with Gasteiger partial charge in [-0.2, -0.15) is 23.5 Å². The van der Waals surface area contributed by atoms with Crippen LogP contribution in [0.1, 0.15) is 0 Å². The Bertz CT molecular complexity index is 836. The van der Waals surface area contributed by atoms with Crippen LogP contribution in [0.15, 0.2) is 9.98 Å². The Hall–Kier alpha value is 2.35. The van der Waals surface area contributed by atoms with Crippen LogP contribution in [0, 0.1) is 0 Å². The second kappa shape index (κ2) is 39.1. The summed E-state index contributed by atoms with van der Waals surface area (Å²) in [5.74, 6) is 6.41. The van der Waals surface area contributed by atoms with Crippen molar-refractivity contribution in [3.8, 4) is 0 Å². The Labute approximate surface area is 319 Å². The highest BCUT2D eigenvalue weighted by Crippen LogP contribution is 2.22. The zero-order valence-corrected chi connectivity index (χ0v) is 35.2. The predicted octanol–water partition coefficient (Wildman–Crippen LogP) is 5.58. The van der Waals surface area contributed by atoms with E-state index in [1.807, 2.05) is 0 Å². The standard InChI is InChI=1S/C22H42N4O6S13/c27-1-3-33-5-6-42-21(29)25-11-37-16-36-10-24-14-45(32)20-41-18-39-17-40-19-43-22(30)26-12-38-15-35-9-23-13-44(31)8-7-34-4-2-28/h13-14,27-28H,1-12,15-20H2,(H,25,29)(H,26,30)/b23-13-,24-14-. The third-order valence-corrected chi connectivity index (χ3v) is 18.3. The van der Waals surface area contributed by atoms with Crippen LogP contribution in [-0.4, -0.2) is 142 Å². The van der Waals surface area contributed by atoms with E-state index in [4.69, 9.17) is 10.2 Å². The normalized spacial score (nSPS) is 13.0. The van der Waals surface area contributed by atoms with Crippen LogP contribution < -0.4 is 10.6 Å². The highest BCUT2D eigenvalue weighted by molar-refractivity contribution is 8.30. The molecule has 264 valence electrons. The molecule has 2 unspecified atom stereocenters. The number of carbonyl (C=O) groups excluding carboxylic acids is 2. The molecule has 0 aromatic rings. The molecule has 10 nitrogen and oxygen atoms in total. The summed E-state index contributed by atoms with van der Waals surface area (Å²) in [6, 6.07) is 0. The van der Waals surface area contributed by atoms with E-state index in [-0.39, 0.29) is 23.7 Å². The van der Waals surface area contributed by atoms with Crippen molar-refractivity contribution in [3.63, 3.8) is 0 Å². The van der Waals surface area contributed by atoms with Crippen molar-refractivity contribution >= 4 is 173 Å². The summed E-state index contributed by atoms with van der Waals surface area (Å²) >= 11 is 17.2. The van der Waals surface area contributed by atoms with Crippen LogP contribution in [0.5, 0.6) is 0 Å². The summed E-state index contributed by atoms with van der Waals surface area (Å²) in [5, 5.41) is 27.5. The van der Waals surface area contributed by atoms with Gasteiger partial charge in [0.05, 0.1) is 74.5 Å². The number of hydrogen-bond acceptors (Lipinski definition) is 19. The number of rotatable bonds is 32. The highest BCUT2D eigenvalue weighted by atomic mass is 32.3. The monoisotopic (exact) mass is 874 g/mol. The van der Waals surface area contributed by atoms with Crippen LogP contribution in [0.3, 0.4) is 0 Å². The van der Waals surface area contributed by atoms with Crippen LogP contribution in [0.25, 0.3) is 0 Å². The van der Waals surface area contributed by atoms with E-state index in [2.05, 4.69) is 20.6 Å². The molecular formula is C22H42N4O6S13. The minimum atomic E-state index is -1.10. The largest absolute Gasteiger partial charge is 0.396 e. The van der Waals surface area contributed by atoms with Gasteiger partial charge in [0.2, 0.25) is 0 Å². The Morgan fingerprint density at radius 1 is 0.578 bits per heavy atom. The van der Waals surface area contributed by atoms with Gasteiger partial charge < -0.3 is 20.8 Å². The van der Waals surface area contributed by atoms with E-state index in [0.717, 1.165) is 37.6 Å². The van der Waals surface area contributed by atoms with E-state index in [1.165, 1.54) is 34.6 Å². The van der Waals surface area contributed by atoms with E-state index >= 15 is 0 Å². The Balaban J connectivity index is 3.45. The summed E-state index contributed by atoms with van der Waals surface area (Å²) in [5.41, 5.74) is 2.99. The van der Waals surface area contributed by atoms with Crippen LogP contribution in [0.2, 0.25) is 0 Å². The minimum absolute atomic E-state index is 0.0311. The van der Waals surface area contributed by atoms with Gasteiger partial charge in [0.25, 0.3) is 10.5 Å². The summed E-state index contributed by atoms with van der Waals surface area (Å²) < 4.78 is 23.7. The second-order valence-electron chi connectivity index (χ2n) is 7.32. The third-order valence-electron chi connectivity index (χ3n) is 3.85.